The Bertz CT molecular complexity index is 735. The van der Waals surface area contributed by atoms with E-state index in [1.54, 1.807) is 18.7 Å². The predicted octanol–water partition coefficient (Wildman–Crippen LogP) is 2.14. The Hall–Kier alpha value is -2.21. The first kappa shape index (κ1) is 16.3. The summed E-state index contributed by atoms with van der Waals surface area (Å²) in [7, 11) is 0. The second kappa shape index (κ2) is 6.59. The maximum absolute atomic E-state index is 13.2. The molecule has 1 atom stereocenters. The van der Waals surface area contributed by atoms with E-state index < -0.39 is 0 Å². The number of hydrogen-bond donors (Lipinski definition) is 2. The molecule has 1 aliphatic heterocycles. The Balaban J connectivity index is 1.55. The van der Waals surface area contributed by atoms with Crippen molar-refractivity contribution >= 4 is 5.91 Å². The van der Waals surface area contributed by atoms with E-state index in [4.69, 9.17) is 0 Å². The van der Waals surface area contributed by atoms with Crippen LogP contribution in [0.3, 0.4) is 0 Å². The van der Waals surface area contributed by atoms with Gasteiger partial charge in [0.1, 0.15) is 0 Å². The van der Waals surface area contributed by atoms with Crippen molar-refractivity contribution < 1.29 is 4.79 Å². The molecule has 1 spiro atoms. The third kappa shape index (κ3) is 2.95. The van der Waals surface area contributed by atoms with Crippen molar-refractivity contribution in [3.63, 3.8) is 0 Å². The van der Waals surface area contributed by atoms with E-state index in [2.05, 4.69) is 20.3 Å². The Morgan fingerprint density at radius 3 is 2.80 bits per heavy atom. The second-order valence-corrected chi connectivity index (χ2v) is 7.13. The van der Waals surface area contributed by atoms with E-state index in [1.165, 1.54) is 12.8 Å². The molecule has 2 N–H and O–H groups in total. The summed E-state index contributed by atoms with van der Waals surface area (Å²) in [5, 5.41) is 3.69. The summed E-state index contributed by atoms with van der Waals surface area (Å²) in [6.07, 6.45) is 10.5. The molecule has 0 saturated heterocycles. The number of H-pyrrole nitrogens is 1. The number of aromatic nitrogens is 3. The van der Waals surface area contributed by atoms with E-state index in [0.29, 0.717) is 19.5 Å². The molecule has 1 amide bonds. The molecule has 1 aliphatic carbocycles. The summed E-state index contributed by atoms with van der Waals surface area (Å²) < 4.78 is 0. The van der Waals surface area contributed by atoms with Crippen LogP contribution in [0.1, 0.15) is 49.6 Å². The van der Waals surface area contributed by atoms with Gasteiger partial charge in [0.15, 0.2) is 0 Å². The van der Waals surface area contributed by atoms with Crippen LogP contribution in [0.4, 0.5) is 0 Å². The van der Waals surface area contributed by atoms with Crippen molar-refractivity contribution in [3.05, 3.63) is 47.8 Å². The van der Waals surface area contributed by atoms with Gasteiger partial charge in [0.25, 0.3) is 0 Å². The zero-order chi connectivity index (χ0) is 17.3. The number of nitrogens with one attached hydrogen (secondary N) is 2. The Morgan fingerprint density at radius 1 is 1.32 bits per heavy atom. The summed E-state index contributed by atoms with van der Waals surface area (Å²) in [5.74, 6) is 0.172. The zero-order valence-corrected chi connectivity index (χ0v) is 14.7. The molecule has 2 aromatic rings. The number of aromatic amines is 1. The molecule has 0 aromatic carbocycles. The van der Waals surface area contributed by atoms with Gasteiger partial charge in [0, 0.05) is 37.6 Å². The molecule has 1 fully saturated rings. The number of rotatable bonds is 4. The number of amides is 1. The predicted molar refractivity (Wildman–Crippen MR) is 94.7 cm³/mol. The van der Waals surface area contributed by atoms with Crippen molar-refractivity contribution in [2.45, 2.75) is 57.2 Å². The third-order valence-corrected chi connectivity index (χ3v) is 5.60. The SMILES string of the molecule is CCN(Cc1ccncc1)C(=O)[C@@H]1Cc2[nH]cnc2C2(CCCC2)N1. The van der Waals surface area contributed by atoms with E-state index in [9.17, 15) is 4.79 Å². The minimum atomic E-state index is -0.187. The number of imidazole rings is 1. The summed E-state index contributed by atoms with van der Waals surface area (Å²) in [5.41, 5.74) is 3.24. The van der Waals surface area contributed by atoms with Crippen LogP contribution < -0.4 is 5.32 Å². The van der Waals surface area contributed by atoms with Gasteiger partial charge in [-0.25, -0.2) is 4.98 Å². The monoisotopic (exact) mass is 339 g/mol. The number of carbonyl (C=O) groups excluding carboxylic acids is 1. The van der Waals surface area contributed by atoms with Gasteiger partial charge in [-0.3, -0.25) is 15.1 Å². The van der Waals surface area contributed by atoms with Crippen LogP contribution in [-0.4, -0.2) is 38.3 Å². The van der Waals surface area contributed by atoms with Gasteiger partial charge in [0.2, 0.25) is 5.91 Å². The first-order chi connectivity index (χ1) is 12.2. The highest BCUT2D eigenvalue weighted by Crippen LogP contribution is 2.42. The molecule has 6 heteroatoms. The average Bonchev–Trinajstić information content (AvgIpc) is 3.30. The van der Waals surface area contributed by atoms with Crippen LogP contribution in [0.2, 0.25) is 0 Å². The summed E-state index contributed by atoms with van der Waals surface area (Å²) in [6, 6.07) is 3.75. The van der Waals surface area contributed by atoms with Crippen LogP contribution in [0.5, 0.6) is 0 Å². The van der Waals surface area contributed by atoms with Gasteiger partial charge in [-0.05, 0) is 37.5 Å². The highest BCUT2D eigenvalue weighted by atomic mass is 16.2. The Labute approximate surface area is 148 Å². The number of carbonyl (C=O) groups is 1. The van der Waals surface area contributed by atoms with E-state index in [0.717, 1.165) is 29.8 Å². The molecule has 0 radical (unpaired) electrons. The standard InChI is InChI=1S/C19H25N5O/c1-2-24(12-14-5-9-20-10-6-14)18(25)16-11-15-17(22-13-21-15)19(23-16)7-3-4-8-19/h5-6,9-10,13,16,23H,2-4,7-8,11-12H2,1H3,(H,21,22)/t16-/m0/s1. The Kier molecular flexibility index (Phi) is 4.29. The summed E-state index contributed by atoms with van der Waals surface area (Å²) >= 11 is 0. The highest BCUT2D eigenvalue weighted by Gasteiger charge is 2.46. The van der Waals surface area contributed by atoms with E-state index in [1.807, 2.05) is 24.0 Å². The third-order valence-electron chi connectivity index (χ3n) is 5.60. The minimum absolute atomic E-state index is 0.121. The second-order valence-electron chi connectivity index (χ2n) is 7.13. The lowest BCUT2D eigenvalue weighted by Crippen LogP contribution is -2.57. The smallest absolute Gasteiger partial charge is 0.240 e. The number of likely N-dealkylation sites (N-methyl/N-ethyl adjacent to an activating group) is 1. The van der Waals surface area contributed by atoms with Gasteiger partial charge in [-0.1, -0.05) is 12.8 Å². The molecular weight excluding hydrogens is 314 g/mol. The molecule has 1 saturated carbocycles. The fourth-order valence-corrected chi connectivity index (χ4v) is 4.33. The number of nitrogens with zero attached hydrogens (tertiary/aromatic N) is 3. The van der Waals surface area contributed by atoms with Crippen LogP contribution in [0.25, 0.3) is 0 Å². The Morgan fingerprint density at radius 2 is 2.08 bits per heavy atom. The number of hydrogen-bond acceptors (Lipinski definition) is 4. The molecule has 0 bridgehead atoms. The lowest BCUT2D eigenvalue weighted by molar-refractivity contribution is -0.134. The summed E-state index contributed by atoms with van der Waals surface area (Å²) in [6.45, 7) is 3.36. The van der Waals surface area contributed by atoms with Gasteiger partial charge in [-0.15, -0.1) is 0 Å². The van der Waals surface area contributed by atoms with Gasteiger partial charge in [0.05, 0.1) is 23.6 Å². The molecule has 132 valence electrons. The fraction of sp³-hybridized carbons (Fsp3) is 0.526. The largest absolute Gasteiger partial charge is 0.348 e. The van der Waals surface area contributed by atoms with E-state index >= 15 is 0 Å². The molecule has 6 nitrogen and oxygen atoms in total. The molecule has 0 unspecified atom stereocenters. The van der Waals surface area contributed by atoms with Crippen LogP contribution in [0, 0.1) is 0 Å². The van der Waals surface area contributed by atoms with Gasteiger partial charge < -0.3 is 9.88 Å². The maximum Gasteiger partial charge on any atom is 0.240 e. The number of pyridine rings is 1. The number of fused-ring (bicyclic) bond motifs is 2. The van der Waals surface area contributed by atoms with Gasteiger partial charge >= 0.3 is 0 Å². The molecule has 4 rings (SSSR count). The normalized spacial score (nSPS) is 21.2. The van der Waals surface area contributed by atoms with Crippen LogP contribution in [0.15, 0.2) is 30.9 Å². The van der Waals surface area contributed by atoms with Gasteiger partial charge in [-0.2, -0.15) is 0 Å². The minimum Gasteiger partial charge on any atom is -0.348 e. The zero-order valence-electron chi connectivity index (χ0n) is 14.7. The fourth-order valence-electron chi connectivity index (χ4n) is 4.33. The van der Waals surface area contributed by atoms with E-state index in [-0.39, 0.29) is 17.5 Å². The first-order valence-electron chi connectivity index (χ1n) is 9.20. The lowest BCUT2D eigenvalue weighted by atomic mass is 9.84. The van der Waals surface area contributed by atoms with Crippen LogP contribution in [-0.2, 0) is 23.3 Å². The molecular formula is C19H25N5O. The van der Waals surface area contributed by atoms with Crippen LogP contribution >= 0.6 is 0 Å². The van der Waals surface area contributed by atoms with Crippen molar-refractivity contribution in [2.75, 3.05) is 6.54 Å². The average molecular weight is 339 g/mol. The first-order valence-corrected chi connectivity index (χ1v) is 9.20. The molecule has 25 heavy (non-hydrogen) atoms. The molecule has 2 aliphatic rings. The quantitative estimate of drug-likeness (QED) is 0.895. The topological polar surface area (TPSA) is 73.9 Å². The lowest BCUT2D eigenvalue weighted by Gasteiger charge is -2.39. The van der Waals surface area contributed by atoms with Crippen molar-refractivity contribution in [3.8, 4) is 0 Å². The van der Waals surface area contributed by atoms with Crippen molar-refractivity contribution in [2.24, 2.45) is 0 Å². The molecule has 2 aromatic heterocycles. The van der Waals surface area contributed by atoms with Crippen molar-refractivity contribution in [1.82, 2.24) is 25.2 Å². The molecule has 3 heterocycles. The van der Waals surface area contributed by atoms with Crippen molar-refractivity contribution in [1.29, 1.82) is 0 Å². The highest BCUT2D eigenvalue weighted by molar-refractivity contribution is 5.82. The maximum atomic E-state index is 13.2. The summed E-state index contributed by atoms with van der Waals surface area (Å²) in [4.78, 5) is 27.0.